The topological polar surface area (TPSA) is 72.7 Å². The SMILES string of the molecule is CCc1ccc(-c2nnn(CC(=O)N[C@H](C)c3cccc(Cl)c3)n2)cc1. The van der Waals surface area contributed by atoms with Crippen molar-refractivity contribution in [1.29, 1.82) is 0 Å². The van der Waals surface area contributed by atoms with Crippen molar-refractivity contribution in [2.75, 3.05) is 0 Å². The van der Waals surface area contributed by atoms with E-state index in [2.05, 4.69) is 27.7 Å². The van der Waals surface area contributed by atoms with E-state index >= 15 is 0 Å². The Morgan fingerprint density at radius 3 is 2.69 bits per heavy atom. The zero-order valence-corrected chi connectivity index (χ0v) is 15.4. The second-order valence-corrected chi connectivity index (χ2v) is 6.47. The number of aromatic nitrogens is 4. The monoisotopic (exact) mass is 369 g/mol. The Labute approximate surface area is 157 Å². The largest absolute Gasteiger partial charge is 0.348 e. The normalized spacial score (nSPS) is 12.0. The molecule has 134 valence electrons. The molecule has 0 spiro atoms. The van der Waals surface area contributed by atoms with Crippen LogP contribution in [0.3, 0.4) is 0 Å². The van der Waals surface area contributed by atoms with Crippen LogP contribution in [0, 0.1) is 0 Å². The summed E-state index contributed by atoms with van der Waals surface area (Å²) in [6.07, 6.45) is 0.978. The molecule has 26 heavy (non-hydrogen) atoms. The molecule has 2 aromatic carbocycles. The fraction of sp³-hybridized carbons (Fsp3) is 0.263. The molecule has 0 radical (unpaired) electrons. The highest BCUT2D eigenvalue weighted by atomic mass is 35.5. The first-order valence-corrected chi connectivity index (χ1v) is 8.85. The fourth-order valence-electron chi connectivity index (χ4n) is 2.59. The molecule has 1 atom stereocenters. The summed E-state index contributed by atoms with van der Waals surface area (Å²) in [5.41, 5.74) is 3.06. The maximum absolute atomic E-state index is 12.2. The number of tetrazole rings is 1. The van der Waals surface area contributed by atoms with Crippen molar-refractivity contribution in [3.05, 3.63) is 64.7 Å². The zero-order valence-electron chi connectivity index (χ0n) is 14.7. The van der Waals surface area contributed by atoms with E-state index in [-0.39, 0.29) is 18.5 Å². The molecular weight excluding hydrogens is 350 g/mol. The maximum atomic E-state index is 12.2. The van der Waals surface area contributed by atoms with Gasteiger partial charge in [0.05, 0.1) is 6.04 Å². The lowest BCUT2D eigenvalue weighted by molar-refractivity contribution is -0.122. The standard InChI is InChI=1S/C19H20ClN5O/c1-3-14-7-9-15(10-8-14)19-22-24-25(23-19)12-18(26)21-13(2)16-5-4-6-17(20)11-16/h4-11,13H,3,12H2,1-2H3,(H,21,26)/t13-/m1/s1. The molecule has 0 unspecified atom stereocenters. The number of carbonyl (C=O) groups is 1. The molecule has 3 aromatic rings. The lowest BCUT2D eigenvalue weighted by atomic mass is 10.1. The van der Waals surface area contributed by atoms with Crippen LogP contribution in [0.5, 0.6) is 0 Å². The molecule has 7 heteroatoms. The number of nitrogens with one attached hydrogen (secondary N) is 1. The summed E-state index contributed by atoms with van der Waals surface area (Å²) in [5.74, 6) is 0.311. The van der Waals surface area contributed by atoms with Gasteiger partial charge in [-0.2, -0.15) is 4.80 Å². The van der Waals surface area contributed by atoms with Crippen molar-refractivity contribution >= 4 is 17.5 Å². The molecule has 3 rings (SSSR count). The van der Waals surface area contributed by atoms with E-state index in [0.717, 1.165) is 17.5 Å². The predicted octanol–water partition coefficient (Wildman–Crippen LogP) is 3.43. The van der Waals surface area contributed by atoms with Crippen LogP contribution < -0.4 is 5.32 Å². The molecule has 0 fully saturated rings. The molecule has 0 aliphatic rings. The molecule has 1 heterocycles. The Bertz CT molecular complexity index is 891. The van der Waals surface area contributed by atoms with Crippen LogP contribution in [0.25, 0.3) is 11.4 Å². The summed E-state index contributed by atoms with van der Waals surface area (Å²) >= 11 is 5.99. The van der Waals surface area contributed by atoms with Crippen molar-refractivity contribution in [3.8, 4) is 11.4 Å². The molecule has 0 bridgehead atoms. The van der Waals surface area contributed by atoms with Crippen molar-refractivity contribution in [3.63, 3.8) is 0 Å². The van der Waals surface area contributed by atoms with E-state index in [1.54, 1.807) is 6.07 Å². The average molecular weight is 370 g/mol. The fourth-order valence-corrected chi connectivity index (χ4v) is 2.79. The van der Waals surface area contributed by atoms with Gasteiger partial charge >= 0.3 is 0 Å². The number of nitrogens with zero attached hydrogens (tertiary/aromatic N) is 4. The van der Waals surface area contributed by atoms with Gasteiger partial charge in [0, 0.05) is 10.6 Å². The quantitative estimate of drug-likeness (QED) is 0.722. The Morgan fingerprint density at radius 1 is 1.23 bits per heavy atom. The highest BCUT2D eigenvalue weighted by Crippen LogP contribution is 2.17. The van der Waals surface area contributed by atoms with Gasteiger partial charge < -0.3 is 5.32 Å². The van der Waals surface area contributed by atoms with Crippen molar-refractivity contribution in [2.24, 2.45) is 0 Å². The Balaban J connectivity index is 1.62. The van der Waals surface area contributed by atoms with Crippen LogP contribution in [0.4, 0.5) is 0 Å². The number of rotatable bonds is 6. The number of aryl methyl sites for hydroxylation is 1. The highest BCUT2D eigenvalue weighted by Gasteiger charge is 2.13. The van der Waals surface area contributed by atoms with Crippen LogP contribution in [0.2, 0.25) is 5.02 Å². The molecule has 0 aliphatic heterocycles. The lowest BCUT2D eigenvalue weighted by Crippen LogP contribution is -2.30. The third-order valence-electron chi connectivity index (χ3n) is 4.08. The molecule has 1 amide bonds. The Morgan fingerprint density at radius 2 is 2.00 bits per heavy atom. The van der Waals surface area contributed by atoms with Crippen molar-refractivity contribution in [2.45, 2.75) is 32.9 Å². The van der Waals surface area contributed by atoms with Crippen LogP contribution in [-0.2, 0) is 17.8 Å². The summed E-state index contributed by atoms with van der Waals surface area (Å²) in [6, 6.07) is 15.2. The summed E-state index contributed by atoms with van der Waals surface area (Å²) in [4.78, 5) is 13.5. The maximum Gasteiger partial charge on any atom is 0.244 e. The molecular formula is C19H20ClN5O. The predicted molar refractivity (Wildman–Crippen MR) is 101 cm³/mol. The van der Waals surface area contributed by atoms with Crippen LogP contribution in [0.15, 0.2) is 48.5 Å². The van der Waals surface area contributed by atoms with E-state index in [0.29, 0.717) is 10.8 Å². The minimum absolute atomic E-state index is 0.00491. The first-order chi connectivity index (χ1) is 12.5. The second kappa shape index (κ2) is 8.10. The molecule has 6 nitrogen and oxygen atoms in total. The number of benzene rings is 2. The third kappa shape index (κ3) is 4.46. The van der Waals surface area contributed by atoms with Gasteiger partial charge in [-0.1, -0.05) is 54.9 Å². The Kier molecular flexibility index (Phi) is 5.63. The second-order valence-electron chi connectivity index (χ2n) is 6.04. The van der Waals surface area contributed by atoms with Gasteiger partial charge in [0.2, 0.25) is 11.7 Å². The number of hydrogen-bond acceptors (Lipinski definition) is 4. The summed E-state index contributed by atoms with van der Waals surface area (Å²) in [7, 11) is 0. The van der Waals surface area contributed by atoms with Crippen molar-refractivity contribution < 1.29 is 4.79 Å². The average Bonchev–Trinajstić information content (AvgIpc) is 3.10. The van der Waals surface area contributed by atoms with Crippen LogP contribution in [-0.4, -0.2) is 26.1 Å². The van der Waals surface area contributed by atoms with Crippen LogP contribution in [0.1, 0.15) is 31.0 Å². The van der Waals surface area contributed by atoms with Gasteiger partial charge in [-0.15, -0.1) is 10.2 Å². The van der Waals surface area contributed by atoms with Gasteiger partial charge in [-0.05, 0) is 41.8 Å². The van der Waals surface area contributed by atoms with Crippen molar-refractivity contribution in [1.82, 2.24) is 25.5 Å². The van der Waals surface area contributed by atoms with Gasteiger partial charge in [-0.25, -0.2) is 0 Å². The van der Waals surface area contributed by atoms with E-state index in [9.17, 15) is 4.79 Å². The highest BCUT2D eigenvalue weighted by molar-refractivity contribution is 6.30. The molecule has 0 aliphatic carbocycles. The number of hydrogen-bond donors (Lipinski definition) is 1. The Hall–Kier alpha value is -2.73. The zero-order chi connectivity index (χ0) is 18.5. The number of halogens is 1. The first-order valence-electron chi connectivity index (χ1n) is 8.47. The molecule has 0 saturated carbocycles. The molecule has 1 N–H and O–H groups in total. The molecule has 0 saturated heterocycles. The minimum atomic E-state index is -0.192. The molecule has 1 aromatic heterocycles. The number of amides is 1. The van der Waals surface area contributed by atoms with Gasteiger partial charge in [0.25, 0.3) is 0 Å². The summed E-state index contributed by atoms with van der Waals surface area (Å²) in [6.45, 7) is 4.01. The van der Waals surface area contributed by atoms with E-state index < -0.39 is 0 Å². The van der Waals surface area contributed by atoms with E-state index in [1.807, 2.05) is 49.4 Å². The summed E-state index contributed by atoms with van der Waals surface area (Å²) in [5, 5.41) is 15.8. The minimum Gasteiger partial charge on any atom is -0.348 e. The smallest absolute Gasteiger partial charge is 0.244 e. The van der Waals surface area contributed by atoms with Gasteiger partial charge in [-0.3, -0.25) is 4.79 Å². The summed E-state index contributed by atoms with van der Waals surface area (Å²) < 4.78 is 0. The van der Waals surface area contributed by atoms with Crippen LogP contribution >= 0.6 is 11.6 Å². The van der Waals surface area contributed by atoms with E-state index in [1.165, 1.54) is 10.4 Å². The number of carbonyl (C=O) groups excluding carboxylic acids is 1. The van der Waals surface area contributed by atoms with Gasteiger partial charge in [0.1, 0.15) is 6.54 Å². The third-order valence-corrected chi connectivity index (χ3v) is 4.32. The lowest BCUT2D eigenvalue weighted by Gasteiger charge is -2.14. The first kappa shape index (κ1) is 18.1. The van der Waals surface area contributed by atoms with E-state index in [4.69, 9.17) is 11.6 Å². The van der Waals surface area contributed by atoms with Gasteiger partial charge in [0.15, 0.2) is 0 Å².